The Bertz CT molecular complexity index is 281. The normalized spacial score (nSPS) is 22.8. The summed E-state index contributed by atoms with van der Waals surface area (Å²) in [5.74, 6) is 3.34. The number of aldehydes is 1. The van der Waals surface area contributed by atoms with Gasteiger partial charge in [-0.1, -0.05) is 5.16 Å². The summed E-state index contributed by atoms with van der Waals surface area (Å²) in [7, 11) is 0. The predicted molar refractivity (Wildman–Crippen MR) is 44.4 cm³/mol. The molecule has 5 heteroatoms. The van der Waals surface area contributed by atoms with E-state index in [9.17, 15) is 4.79 Å². The molecule has 0 N–H and O–H groups in total. The quantitative estimate of drug-likeness (QED) is 0.644. The van der Waals surface area contributed by atoms with Gasteiger partial charge in [0.25, 0.3) is 5.89 Å². The molecular weight excluding hydrogens is 176 g/mol. The maximum absolute atomic E-state index is 10.2. The van der Waals surface area contributed by atoms with Gasteiger partial charge < -0.3 is 4.52 Å². The van der Waals surface area contributed by atoms with E-state index in [0.717, 1.165) is 17.9 Å². The van der Waals surface area contributed by atoms with Crippen molar-refractivity contribution in [1.82, 2.24) is 10.1 Å². The molecule has 64 valence electrons. The van der Waals surface area contributed by atoms with Gasteiger partial charge in [-0.3, -0.25) is 4.79 Å². The van der Waals surface area contributed by atoms with Gasteiger partial charge in [-0.25, -0.2) is 0 Å². The third-order valence-electron chi connectivity index (χ3n) is 1.85. The number of carbonyl (C=O) groups is 1. The van der Waals surface area contributed by atoms with Crippen LogP contribution in [-0.4, -0.2) is 27.9 Å². The van der Waals surface area contributed by atoms with Crippen LogP contribution in [0.5, 0.6) is 0 Å². The van der Waals surface area contributed by atoms with Gasteiger partial charge in [0.2, 0.25) is 6.29 Å². The lowest BCUT2D eigenvalue weighted by Crippen LogP contribution is -1.98. The average Bonchev–Trinajstić information content (AvgIpc) is 2.75. The SMILES string of the molecule is O=Cc1nc(C2CCSC2)no1. The number of nitrogens with zero attached hydrogens (tertiary/aromatic N) is 2. The fourth-order valence-corrected chi connectivity index (χ4v) is 2.42. The maximum Gasteiger partial charge on any atom is 0.290 e. The van der Waals surface area contributed by atoms with Crippen LogP contribution in [0.1, 0.15) is 28.8 Å². The largest absolute Gasteiger partial charge is 0.331 e. The molecule has 2 heterocycles. The molecule has 1 aliphatic rings. The molecule has 12 heavy (non-hydrogen) atoms. The predicted octanol–water partition coefficient (Wildman–Crippen LogP) is 1.10. The molecule has 0 amide bonds. The number of aromatic nitrogens is 2. The molecular formula is C7H8N2O2S. The van der Waals surface area contributed by atoms with Gasteiger partial charge in [-0.2, -0.15) is 16.7 Å². The van der Waals surface area contributed by atoms with Crippen molar-refractivity contribution in [3.8, 4) is 0 Å². The highest BCUT2D eigenvalue weighted by Crippen LogP contribution is 2.30. The molecule has 0 saturated carbocycles. The monoisotopic (exact) mass is 184 g/mol. The van der Waals surface area contributed by atoms with Crippen molar-refractivity contribution in [3.05, 3.63) is 11.7 Å². The van der Waals surface area contributed by atoms with Crippen LogP contribution in [0, 0.1) is 0 Å². The number of hydrogen-bond acceptors (Lipinski definition) is 5. The molecule has 4 nitrogen and oxygen atoms in total. The summed E-state index contributed by atoms with van der Waals surface area (Å²) in [6.45, 7) is 0. The molecule has 0 spiro atoms. The van der Waals surface area contributed by atoms with Crippen molar-refractivity contribution >= 4 is 18.0 Å². The fourth-order valence-electron chi connectivity index (χ4n) is 1.20. The zero-order valence-electron chi connectivity index (χ0n) is 6.40. The Balaban J connectivity index is 2.16. The highest BCUT2D eigenvalue weighted by molar-refractivity contribution is 7.99. The van der Waals surface area contributed by atoms with Crippen molar-refractivity contribution in [2.24, 2.45) is 0 Å². The van der Waals surface area contributed by atoms with Gasteiger partial charge in [-0.05, 0) is 12.2 Å². The fraction of sp³-hybridized carbons (Fsp3) is 0.571. The number of thioether (sulfide) groups is 1. The Morgan fingerprint density at radius 1 is 1.67 bits per heavy atom. The zero-order chi connectivity index (χ0) is 8.39. The minimum absolute atomic E-state index is 0.0851. The zero-order valence-corrected chi connectivity index (χ0v) is 7.21. The van der Waals surface area contributed by atoms with Crippen LogP contribution in [0.15, 0.2) is 4.52 Å². The summed E-state index contributed by atoms with van der Waals surface area (Å²) < 4.78 is 4.69. The van der Waals surface area contributed by atoms with Gasteiger partial charge in [0.15, 0.2) is 5.82 Å². The molecule has 1 unspecified atom stereocenters. The lowest BCUT2D eigenvalue weighted by molar-refractivity contribution is 0.108. The third-order valence-corrected chi connectivity index (χ3v) is 3.02. The van der Waals surface area contributed by atoms with Gasteiger partial charge in [0.1, 0.15) is 0 Å². The lowest BCUT2D eigenvalue weighted by Gasteiger charge is -1.97. The van der Waals surface area contributed by atoms with Crippen molar-refractivity contribution in [2.45, 2.75) is 12.3 Å². The van der Waals surface area contributed by atoms with Crippen LogP contribution < -0.4 is 0 Å². The maximum atomic E-state index is 10.2. The molecule has 0 aliphatic carbocycles. The Morgan fingerprint density at radius 2 is 2.58 bits per heavy atom. The summed E-state index contributed by atoms with van der Waals surface area (Å²) in [4.78, 5) is 14.2. The highest BCUT2D eigenvalue weighted by Gasteiger charge is 2.22. The Hall–Kier alpha value is -0.840. The number of carbonyl (C=O) groups excluding carboxylic acids is 1. The Morgan fingerprint density at radius 3 is 3.17 bits per heavy atom. The van der Waals surface area contributed by atoms with Crippen LogP contribution in [0.2, 0.25) is 0 Å². The first kappa shape index (κ1) is 7.79. The molecule has 1 aromatic heterocycles. The minimum Gasteiger partial charge on any atom is -0.331 e. The van der Waals surface area contributed by atoms with E-state index in [1.807, 2.05) is 11.8 Å². The summed E-state index contributed by atoms with van der Waals surface area (Å²) >= 11 is 1.88. The summed E-state index contributed by atoms with van der Waals surface area (Å²) in [5, 5.41) is 3.74. The molecule has 1 fully saturated rings. The van der Waals surface area contributed by atoms with Crippen molar-refractivity contribution in [2.75, 3.05) is 11.5 Å². The van der Waals surface area contributed by atoms with Gasteiger partial charge >= 0.3 is 0 Å². The van der Waals surface area contributed by atoms with E-state index in [-0.39, 0.29) is 5.89 Å². The first-order valence-electron chi connectivity index (χ1n) is 3.76. The average molecular weight is 184 g/mol. The first-order chi connectivity index (χ1) is 5.90. The van der Waals surface area contributed by atoms with Crippen LogP contribution in [0.4, 0.5) is 0 Å². The van der Waals surface area contributed by atoms with Crippen LogP contribution in [0.3, 0.4) is 0 Å². The second-order valence-corrected chi connectivity index (χ2v) is 3.82. The van der Waals surface area contributed by atoms with E-state index in [4.69, 9.17) is 0 Å². The number of rotatable bonds is 2. The summed E-state index contributed by atoms with van der Waals surface area (Å²) in [5.41, 5.74) is 0. The van der Waals surface area contributed by atoms with Crippen LogP contribution in [-0.2, 0) is 0 Å². The number of hydrogen-bond donors (Lipinski definition) is 0. The molecule has 0 aromatic carbocycles. The molecule has 1 atom stereocenters. The van der Waals surface area contributed by atoms with E-state index >= 15 is 0 Å². The Kier molecular flexibility index (Phi) is 2.12. The van der Waals surface area contributed by atoms with Crippen molar-refractivity contribution in [1.29, 1.82) is 0 Å². The lowest BCUT2D eigenvalue weighted by atomic mass is 10.1. The topological polar surface area (TPSA) is 56.0 Å². The van der Waals surface area contributed by atoms with Gasteiger partial charge in [-0.15, -0.1) is 0 Å². The van der Waals surface area contributed by atoms with Crippen molar-refractivity contribution < 1.29 is 9.32 Å². The van der Waals surface area contributed by atoms with E-state index in [1.54, 1.807) is 0 Å². The molecule has 2 rings (SSSR count). The van der Waals surface area contributed by atoms with Crippen molar-refractivity contribution in [3.63, 3.8) is 0 Å². The summed E-state index contributed by atoms with van der Waals surface area (Å²) in [6, 6.07) is 0. The molecule has 0 radical (unpaired) electrons. The second-order valence-electron chi connectivity index (χ2n) is 2.67. The molecule has 0 bridgehead atoms. The van der Waals surface area contributed by atoms with E-state index in [2.05, 4.69) is 14.7 Å². The van der Waals surface area contributed by atoms with Gasteiger partial charge in [0, 0.05) is 11.7 Å². The highest BCUT2D eigenvalue weighted by atomic mass is 32.2. The second kappa shape index (κ2) is 3.26. The summed E-state index contributed by atoms with van der Waals surface area (Å²) in [6.07, 6.45) is 1.67. The molecule has 1 aromatic rings. The van der Waals surface area contributed by atoms with E-state index in [1.165, 1.54) is 0 Å². The van der Waals surface area contributed by atoms with Crippen LogP contribution in [0.25, 0.3) is 0 Å². The van der Waals surface area contributed by atoms with E-state index in [0.29, 0.717) is 18.0 Å². The standard InChI is InChI=1S/C7H8N2O2S/c10-3-6-8-7(9-11-6)5-1-2-12-4-5/h3,5H,1-2,4H2. The van der Waals surface area contributed by atoms with E-state index < -0.39 is 0 Å². The molecule has 1 saturated heterocycles. The smallest absolute Gasteiger partial charge is 0.290 e. The first-order valence-corrected chi connectivity index (χ1v) is 4.92. The van der Waals surface area contributed by atoms with Crippen LogP contribution >= 0.6 is 11.8 Å². The minimum atomic E-state index is 0.0851. The molecule has 1 aliphatic heterocycles. The Labute approximate surface area is 73.7 Å². The third kappa shape index (κ3) is 1.36. The van der Waals surface area contributed by atoms with Gasteiger partial charge in [0.05, 0.1) is 0 Å².